The molecule has 0 saturated heterocycles. The van der Waals surface area contributed by atoms with E-state index in [-0.39, 0.29) is 11.7 Å². The van der Waals surface area contributed by atoms with Crippen LogP contribution in [-0.4, -0.2) is 18.1 Å². The van der Waals surface area contributed by atoms with Crippen LogP contribution in [0.3, 0.4) is 0 Å². The summed E-state index contributed by atoms with van der Waals surface area (Å²) in [5, 5.41) is 9.72. The van der Waals surface area contributed by atoms with Gasteiger partial charge in [-0.05, 0) is 44.5 Å². The first-order chi connectivity index (χ1) is 9.41. The van der Waals surface area contributed by atoms with Crippen LogP contribution in [0.2, 0.25) is 0 Å². The highest BCUT2D eigenvalue weighted by Crippen LogP contribution is 2.25. The van der Waals surface area contributed by atoms with E-state index >= 15 is 0 Å². The molecule has 104 valence electrons. The molecule has 1 amide bonds. The summed E-state index contributed by atoms with van der Waals surface area (Å²) in [4.78, 5) is 14.2. The molecule has 20 heavy (non-hydrogen) atoms. The third kappa shape index (κ3) is 2.52. The third-order valence-corrected chi connectivity index (χ3v) is 3.55. The van der Waals surface area contributed by atoms with Gasteiger partial charge in [0, 0.05) is 23.9 Å². The Morgan fingerprint density at radius 1 is 1.10 bits per heavy atom. The Labute approximate surface area is 119 Å². The first-order valence-electron chi connectivity index (χ1n) is 6.55. The maximum atomic E-state index is 12.6. The SMILES string of the molecule is Cc1ccc(N(C)C(=O)c2cccc(O)c2C)c(C)c1. The molecular formula is C17H19NO2. The molecule has 0 fully saturated rings. The van der Waals surface area contributed by atoms with Gasteiger partial charge in [-0.1, -0.05) is 23.8 Å². The maximum absolute atomic E-state index is 12.6. The quantitative estimate of drug-likeness (QED) is 0.905. The molecule has 0 radical (unpaired) electrons. The van der Waals surface area contributed by atoms with Crippen LogP contribution >= 0.6 is 0 Å². The predicted molar refractivity (Wildman–Crippen MR) is 81.5 cm³/mol. The van der Waals surface area contributed by atoms with Gasteiger partial charge >= 0.3 is 0 Å². The summed E-state index contributed by atoms with van der Waals surface area (Å²) >= 11 is 0. The number of phenols is 1. The van der Waals surface area contributed by atoms with Crippen LogP contribution in [0.15, 0.2) is 36.4 Å². The lowest BCUT2D eigenvalue weighted by molar-refractivity contribution is 0.0992. The minimum Gasteiger partial charge on any atom is -0.508 e. The highest BCUT2D eigenvalue weighted by molar-refractivity contribution is 6.07. The van der Waals surface area contributed by atoms with Crippen molar-refractivity contribution >= 4 is 11.6 Å². The molecule has 2 aromatic carbocycles. The molecule has 0 saturated carbocycles. The Morgan fingerprint density at radius 3 is 2.45 bits per heavy atom. The fourth-order valence-corrected chi connectivity index (χ4v) is 2.33. The molecule has 0 aromatic heterocycles. The van der Waals surface area contributed by atoms with E-state index in [4.69, 9.17) is 0 Å². The van der Waals surface area contributed by atoms with Crippen molar-refractivity contribution in [1.29, 1.82) is 0 Å². The lowest BCUT2D eigenvalue weighted by Crippen LogP contribution is -2.27. The van der Waals surface area contributed by atoms with Crippen molar-refractivity contribution in [1.82, 2.24) is 0 Å². The second-order valence-electron chi connectivity index (χ2n) is 5.10. The number of hydrogen-bond acceptors (Lipinski definition) is 2. The van der Waals surface area contributed by atoms with Crippen LogP contribution in [0, 0.1) is 20.8 Å². The van der Waals surface area contributed by atoms with Gasteiger partial charge in [0.25, 0.3) is 5.91 Å². The van der Waals surface area contributed by atoms with Crippen LogP contribution < -0.4 is 4.90 Å². The van der Waals surface area contributed by atoms with Crippen LogP contribution in [0.1, 0.15) is 27.0 Å². The van der Waals surface area contributed by atoms with Gasteiger partial charge in [-0.2, -0.15) is 0 Å². The molecule has 0 aliphatic carbocycles. The minimum absolute atomic E-state index is 0.120. The summed E-state index contributed by atoms with van der Waals surface area (Å²) in [5.74, 6) is 0.0234. The van der Waals surface area contributed by atoms with Gasteiger partial charge in [0.15, 0.2) is 0 Å². The van der Waals surface area contributed by atoms with E-state index < -0.39 is 0 Å². The summed E-state index contributed by atoms with van der Waals surface area (Å²) in [6.07, 6.45) is 0. The number of carbonyl (C=O) groups is 1. The van der Waals surface area contributed by atoms with Crippen molar-refractivity contribution in [2.75, 3.05) is 11.9 Å². The number of aromatic hydroxyl groups is 1. The van der Waals surface area contributed by atoms with Crippen molar-refractivity contribution < 1.29 is 9.90 Å². The van der Waals surface area contributed by atoms with Gasteiger partial charge in [-0.25, -0.2) is 0 Å². The van der Waals surface area contributed by atoms with Gasteiger partial charge < -0.3 is 10.0 Å². The Hall–Kier alpha value is -2.29. The van der Waals surface area contributed by atoms with Crippen molar-refractivity contribution in [3.63, 3.8) is 0 Å². The Bertz CT molecular complexity index is 662. The average molecular weight is 269 g/mol. The summed E-state index contributed by atoms with van der Waals surface area (Å²) in [6.45, 7) is 5.76. The first-order valence-corrected chi connectivity index (χ1v) is 6.55. The van der Waals surface area contributed by atoms with E-state index in [1.54, 1.807) is 37.1 Å². The fraction of sp³-hybridized carbons (Fsp3) is 0.235. The third-order valence-electron chi connectivity index (χ3n) is 3.55. The standard InChI is InChI=1S/C17H19NO2/c1-11-8-9-15(12(2)10-11)18(4)17(20)14-6-5-7-16(19)13(14)3/h5-10,19H,1-4H3. The van der Waals surface area contributed by atoms with Gasteiger partial charge in [0.2, 0.25) is 0 Å². The summed E-state index contributed by atoms with van der Waals surface area (Å²) < 4.78 is 0. The molecule has 0 aliphatic heterocycles. The van der Waals surface area contributed by atoms with Gasteiger partial charge in [0.05, 0.1) is 0 Å². The molecule has 2 aromatic rings. The zero-order valence-corrected chi connectivity index (χ0v) is 12.3. The molecule has 0 bridgehead atoms. The van der Waals surface area contributed by atoms with Crippen LogP contribution in [0.5, 0.6) is 5.75 Å². The van der Waals surface area contributed by atoms with E-state index in [0.717, 1.165) is 11.3 Å². The van der Waals surface area contributed by atoms with Crippen molar-refractivity contribution in [2.45, 2.75) is 20.8 Å². The van der Waals surface area contributed by atoms with E-state index in [0.29, 0.717) is 11.1 Å². The van der Waals surface area contributed by atoms with Crippen LogP contribution in [0.25, 0.3) is 0 Å². The zero-order chi connectivity index (χ0) is 14.9. The molecule has 0 unspecified atom stereocenters. The minimum atomic E-state index is -0.120. The molecular weight excluding hydrogens is 250 g/mol. The summed E-state index contributed by atoms with van der Waals surface area (Å²) in [7, 11) is 1.75. The molecule has 2 rings (SSSR count). The van der Waals surface area contributed by atoms with E-state index in [1.165, 1.54) is 5.56 Å². The molecule has 0 heterocycles. The normalized spacial score (nSPS) is 10.4. The van der Waals surface area contributed by atoms with Crippen molar-refractivity contribution in [2.24, 2.45) is 0 Å². The lowest BCUT2D eigenvalue weighted by atomic mass is 10.1. The Morgan fingerprint density at radius 2 is 1.80 bits per heavy atom. The molecule has 0 atom stereocenters. The van der Waals surface area contributed by atoms with Crippen molar-refractivity contribution in [3.05, 3.63) is 58.7 Å². The highest BCUT2D eigenvalue weighted by Gasteiger charge is 2.18. The number of anilines is 1. The monoisotopic (exact) mass is 269 g/mol. The van der Waals surface area contributed by atoms with Crippen LogP contribution in [-0.2, 0) is 0 Å². The van der Waals surface area contributed by atoms with E-state index in [9.17, 15) is 9.90 Å². The number of phenolic OH excluding ortho intramolecular Hbond substituents is 1. The first kappa shape index (κ1) is 14.1. The van der Waals surface area contributed by atoms with Crippen molar-refractivity contribution in [3.8, 4) is 5.75 Å². The number of nitrogens with zero attached hydrogens (tertiary/aromatic N) is 1. The summed E-state index contributed by atoms with van der Waals surface area (Å²) in [6, 6.07) is 11.0. The number of rotatable bonds is 2. The number of aryl methyl sites for hydroxylation is 2. The molecule has 3 nitrogen and oxygen atoms in total. The molecule has 3 heteroatoms. The van der Waals surface area contributed by atoms with Gasteiger partial charge in [-0.15, -0.1) is 0 Å². The Balaban J connectivity index is 2.40. The number of hydrogen-bond donors (Lipinski definition) is 1. The maximum Gasteiger partial charge on any atom is 0.258 e. The molecule has 0 spiro atoms. The number of amides is 1. The van der Waals surface area contributed by atoms with E-state index in [1.807, 2.05) is 26.0 Å². The predicted octanol–water partition coefficient (Wildman–Crippen LogP) is 3.59. The van der Waals surface area contributed by atoms with Gasteiger partial charge in [-0.3, -0.25) is 4.79 Å². The van der Waals surface area contributed by atoms with E-state index in [2.05, 4.69) is 6.07 Å². The largest absolute Gasteiger partial charge is 0.508 e. The molecule has 1 N–H and O–H groups in total. The second kappa shape index (κ2) is 5.37. The Kier molecular flexibility index (Phi) is 3.79. The highest BCUT2D eigenvalue weighted by atomic mass is 16.3. The van der Waals surface area contributed by atoms with Gasteiger partial charge in [0.1, 0.15) is 5.75 Å². The fourth-order valence-electron chi connectivity index (χ4n) is 2.33. The summed E-state index contributed by atoms with van der Waals surface area (Å²) in [5.41, 5.74) is 4.23. The van der Waals surface area contributed by atoms with Crippen LogP contribution in [0.4, 0.5) is 5.69 Å². The molecule has 0 aliphatic rings. The number of carbonyl (C=O) groups excluding carboxylic acids is 1. The second-order valence-corrected chi connectivity index (χ2v) is 5.10. The smallest absolute Gasteiger partial charge is 0.258 e. The average Bonchev–Trinajstić information content (AvgIpc) is 2.40. The number of benzene rings is 2. The lowest BCUT2D eigenvalue weighted by Gasteiger charge is -2.21. The zero-order valence-electron chi connectivity index (χ0n) is 12.3. The topological polar surface area (TPSA) is 40.5 Å².